The summed E-state index contributed by atoms with van der Waals surface area (Å²) >= 11 is 1.96. The molecule has 18 heavy (non-hydrogen) atoms. The molecule has 1 aromatic rings. The lowest BCUT2D eigenvalue weighted by Crippen LogP contribution is -2.45. The Morgan fingerprint density at radius 3 is 2.44 bits per heavy atom. The average molecular weight is 309 g/mol. The maximum absolute atomic E-state index is 3.45. The van der Waals surface area contributed by atoms with Gasteiger partial charge >= 0.3 is 0 Å². The van der Waals surface area contributed by atoms with E-state index in [0.717, 1.165) is 25.0 Å². The second-order valence-electron chi connectivity index (χ2n) is 5.04. The Balaban J connectivity index is 0.000000810. The molecule has 104 valence electrons. The summed E-state index contributed by atoms with van der Waals surface area (Å²) in [6.45, 7) is 7.03. The molecule has 0 spiro atoms. The highest BCUT2D eigenvalue weighted by molar-refractivity contribution is 7.10. The van der Waals surface area contributed by atoms with Crippen LogP contribution in [0, 0.1) is 12.8 Å². The van der Waals surface area contributed by atoms with Gasteiger partial charge in [-0.3, -0.25) is 4.90 Å². The number of nitrogens with zero attached hydrogens (tertiary/aromatic N) is 1. The number of rotatable bonds is 3. The molecule has 0 amide bonds. The van der Waals surface area contributed by atoms with Crippen LogP contribution in [0.25, 0.3) is 0 Å². The van der Waals surface area contributed by atoms with Crippen molar-refractivity contribution in [2.45, 2.75) is 25.8 Å². The van der Waals surface area contributed by atoms with Gasteiger partial charge in [-0.1, -0.05) is 0 Å². The van der Waals surface area contributed by atoms with Crippen molar-refractivity contribution in [3.05, 3.63) is 21.9 Å². The largest absolute Gasteiger partial charge is 0.314 e. The van der Waals surface area contributed by atoms with E-state index in [0.29, 0.717) is 0 Å². The first-order chi connectivity index (χ1) is 7.86. The van der Waals surface area contributed by atoms with Crippen molar-refractivity contribution in [2.24, 2.45) is 5.92 Å². The van der Waals surface area contributed by atoms with Crippen LogP contribution in [0.15, 0.2) is 11.4 Å². The summed E-state index contributed by atoms with van der Waals surface area (Å²) in [5.41, 5.74) is 1.50. The Labute approximate surface area is 126 Å². The molecule has 2 fully saturated rings. The van der Waals surface area contributed by atoms with Gasteiger partial charge in [0.05, 0.1) is 0 Å². The van der Waals surface area contributed by atoms with Crippen LogP contribution >= 0.6 is 36.2 Å². The molecular weight excluding hydrogens is 287 g/mol. The quantitative estimate of drug-likeness (QED) is 0.922. The third-order valence-electron chi connectivity index (χ3n) is 3.78. The summed E-state index contributed by atoms with van der Waals surface area (Å²) < 4.78 is 0. The molecule has 0 unspecified atom stereocenters. The molecule has 3 rings (SSSR count). The van der Waals surface area contributed by atoms with E-state index in [1.165, 1.54) is 31.5 Å². The molecule has 1 saturated heterocycles. The second-order valence-corrected chi connectivity index (χ2v) is 5.98. The predicted molar refractivity (Wildman–Crippen MR) is 83.5 cm³/mol. The van der Waals surface area contributed by atoms with Gasteiger partial charge in [0.2, 0.25) is 0 Å². The first-order valence-electron chi connectivity index (χ1n) is 6.35. The molecule has 1 aromatic heterocycles. The minimum atomic E-state index is 0. The number of hydrogen-bond acceptors (Lipinski definition) is 3. The average Bonchev–Trinajstić information content (AvgIpc) is 3.05. The lowest BCUT2D eigenvalue weighted by atomic mass is 10.0. The maximum Gasteiger partial charge on any atom is 0.0473 e. The van der Waals surface area contributed by atoms with Crippen molar-refractivity contribution in [1.82, 2.24) is 10.2 Å². The first-order valence-corrected chi connectivity index (χ1v) is 7.23. The van der Waals surface area contributed by atoms with E-state index < -0.39 is 0 Å². The monoisotopic (exact) mass is 308 g/mol. The third kappa shape index (κ3) is 3.40. The van der Waals surface area contributed by atoms with E-state index in [4.69, 9.17) is 0 Å². The van der Waals surface area contributed by atoms with E-state index in [1.807, 2.05) is 11.3 Å². The van der Waals surface area contributed by atoms with Crippen LogP contribution in [0.2, 0.25) is 0 Å². The Morgan fingerprint density at radius 2 is 1.94 bits per heavy atom. The van der Waals surface area contributed by atoms with Crippen molar-refractivity contribution in [2.75, 3.05) is 26.2 Å². The number of nitrogens with one attached hydrogen (secondary N) is 1. The summed E-state index contributed by atoms with van der Waals surface area (Å²) in [7, 11) is 0. The van der Waals surface area contributed by atoms with Gasteiger partial charge in [-0.05, 0) is 42.7 Å². The number of halogens is 2. The fourth-order valence-corrected chi connectivity index (χ4v) is 3.89. The zero-order valence-corrected chi connectivity index (χ0v) is 13.2. The molecule has 1 saturated carbocycles. The summed E-state index contributed by atoms with van der Waals surface area (Å²) in [6.07, 6.45) is 2.87. The molecule has 1 N–H and O–H groups in total. The lowest BCUT2D eigenvalue weighted by molar-refractivity contribution is 0.158. The smallest absolute Gasteiger partial charge is 0.0473 e. The van der Waals surface area contributed by atoms with Crippen LogP contribution in [0.1, 0.15) is 29.3 Å². The third-order valence-corrected chi connectivity index (χ3v) is 4.87. The molecular formula is C13H22Cl2N2S. The number of thiophene rings is 1. The zero-order chi connectivity index (χ0) is 11.0. The van der Waals surface area contributed by atoms with E-state index in [9.17, 15) is 0 Å². The van der Waals surface area contributed by atoms with Crippen LogP contribution in [-0.2, 0) is 0 Å². The van der Waals surface area contributed by atoms with Crippen molar-refractivity contribution in [3.8, 4) is 0 Å². The summed E-state index contributed by atoms with van der Waals surface area (Å²) in [5, 5.41) is 5.70. The van der Waals surface area contributed by atoms with Gasteiger partial charge in [0, 0.05) is 37.1 Å². The predicted octanol–water partition coefficient (Wildman–Crippen LogP) is 3.26. The molecule has 5 heteroatoms. The molecule has 0 bridgehead atoms. The number of aryl methyl sites for hydroxylation is 1. The Hall–Kier alpha value is 0.200. The molecule has 1 aliphatic carbocycles. The normalized spacial score (nSPS) is 21.8. The van der Waals surface area contributed by atoms with Gasteiger partial charge in [-0.15, -0.1) is 36.2 Å². The summed E-state index contributed by atoms with van der Waals surface area (Å²) in [4.78, 5) is 4.33. The minimum absolute atomic E-state index is 0. The fourth-order valence-electron chi connectivity index (χ4n) is 2.74. The lowest BCUT2D eigenvalue weighted by Gasteiger charge is -2.35. The molecule has 0 radical (unpaired) electrons. The van der Waals surface area contributed by atoms with Crippen molar-refractivity contribution in [3.63, 3.8) is 0 Å². The van der Waals surface area contributed by atoms with E-state index in [1.54, 1.807) is 4.88 Å². The number of piperazine rings is 1. The fraction of sp³-hybridized carbons (Fsp3) is 0.692. The Bertz CT molecular complexity index is 360. The zero-order valence-electron chi connectivity index (χ0n) is 10.7. The molecule has 1 aliphatic heterocycles. The van der Waals surface area contributed by atoms with Gasteiger partial charge in [-0.2, -0.15) is 0 Å². The topological polar surface area (TPSA) is 15.3 Å². The van der Waals surface area contributed by atoms with Gasteiger partial charge in [0.15, 0.2) is 0 Å². The minimum Gasteiger partial charge on any atom is -0.314 e. The SMILES string of the molecule is Cc1ccsc1[C@H](C1CC1)N1CCNCC1.Cl.Cl. The van der Waals surface area contributed by atoms with Gasteiger partial charge < -0.3 is 5.32 Å². The maximum atomic E-state index is 3.45. The van der Waals surface area contributed by atoms with Crippen LogP contribution in [-0.4, -0.2) is 31.1 Å². The van der Waals surface area contributed by atoms with Crippen molar-refractivity contribution < 1.29 is 0 Å². The molecule has 2 heterocycles. The summed E-state index contributed by atoms with van der Waals surface area (Å²) in [5.74, 6) is 0.940. The van der Waals surface area contributed by atoms with E-state index >= 15 is 0 Å². The van der Waals surface area contributed by atoms with Crippen molar-refractivity contribution >= 4 is 36.2 Å². The van der Waals surface area contributed by atoms with Crippen LogP contribution in [0.5, 0.6) is 0 Å². The Kier molecular flexibility index (Phi) is 6.42. The molecule has 1 atom stereocenters. The number of hydrogen-bond donors (Lipinski definition) is 1. The first kappa shape index (κ1) is 16.3. The molecule has 2 aliphatic rings. The van der Waals surface area contributed by atoms with E-state index in [2.05, 4.69) is 28.6 Å². The molecule has 0 aromatic carbocycles. The second kappa shape index (κ2) is 7.11. The van der Waals surface area contributed by atoms with Gasteiger partial charge in [0.1, 0.15) is 0 Å². The van der Waals surface area contributed by atoms with Crippen LogP contribution in [0.3, 0.4) is 0 Å². The highest BCUT2D eigenvalue weighted by Gasteiger charge is 2.37. The standard InChI is InChI=1S/C13H20N2S.2ClH/c1-10-4-9-16-13(10)12(11-2-3-11)15-7-5-14-6-8-15;;/h4,9,11-12,14H,2-3,5-8H2,1H3;2*1H/t12-;;/m0../s1. The van der Waals surface area contributed by atoms with E-state index in [-0.39, 0.29) is 24.8 Å². The Morgan fingerprint density at radius 1 is 1.28 bits per heavy atom. The van der Waals surface area contributed by atoms with Gasteiger partial charge in [-0.25, -0.2) is 0 Å². The van der Waals surface area contributed by atoms with Crippen LogP contribution in [0.4, 0.5) is 0 Å². The molecule has 2 nitrogen and oxygen atoms in total. The van der Waals surface area contributed by atoms with Gasteiger partial charge in [0.25, 0.3) is 0 Å². The highest BCUT2D eigenvalue weighted by Crippen LogP contribution is 2.46. The van der Waals surface area contributed by atoms with Crippen LogP contribution < -0.4 is 5.32 Å². The highest BCUT2D eigenvalue weighted by atomic mass is 35.5. The summed E-state index contributed by atoms with van der Waals surface area (Å²) in [6, 6.07) is 3.00. The van der Waals surface area contributed by atoms with Crippen molar-refractivity contribution in [1.29, 1.82) is 0 Å².